The van der Waals surface area contributed by atoms with E-state index in [9.17, 15) is 9.59 Å². The lowest BCUT2D eigenvalue weighted by Crippen LogP contribution is -2.11. The highest BCUT2D eigenvalue weighted by Crippen LogP contribution is 2.42. The van der Waals surface area contributed by atoms with E-state index < -0.39 is 0 Å². The summed E-state index contributed by atoms with van der Waals surface area (Å²) in [6.45, 7) is 0. The number of hydrogen-bond donors (Lipinski definition) is 3. The average Bonchev–Trinajstić information content (AvgIpc) is 3.13. The van der Waals surface area contributed by atoms with Crippen molar-refractivity contribution in [1.29, 1.82) is 0 Å². The van der Waals surface area contributed by atoms with Gasteiger partial charge in [-0.05, 0) is 37.1 Å². The number of pyridine rings is 2. The van der Waals surface area contributed by atoms with Crippen LogP contribution in [0.1, 0.15) is 28.9 Å². The number of methoxy groups -OCH3 is 1. The van der Waals surface area contributed by atoms with Gasteiger partial charge in [-0.1, -0.05) is 17.7 Å². The van der Waals surface area contributed by atoms with Gasteiger partial charge in [-0.3, -0.25) is 14.6 Å². The highest BCUT2D eigenvalue weighted by atomic mass is 35.5. The number of anilines is 2. The largest absolute Gasteiger partial charge is 0.493 e. The number of nitrogens with one attached hydrogen (secondary N) is 3. The van der Waals surface area contributed by atoms with Crippen LogP contribution >= 0.6 is 11.6 Å². The maximum absolute atomic E-state index is 12.9. The van der Waals surface area contributed by atoms with Gasteiger partial charge < -0.3 is 20.0 Å². The Kier molecular flexibility index (Phi) is 4.75. The molecule has 1 aliphatic rings. The molecule has 1 aromatic carbocycles. The number of ketones is 1. The first-order valence-electron chi connectivity index (χ1n) is 9.93. The lowest BCUT2D eigenvalue weighted by atomic mass is 9.94. The van der Waals surface area contributed by atoms with Gasteiger partial charge in [-0.2, -0.15) is 0 Å². The van der Waals surface area contributed by atoms with E-state index in [1.165, 1.54) is 6.07 Å². The number of rotatable bonds is 4. The van der Waals surface area contributed by atoms with Gasteiger partial charge in [0.25, 0.3) is 0 Å². The van der Waals surface area contributed by atoms with Gasteiger partial charge in [0.2, 0.25) is 5.56 Å². The van der Waals surface area contributed by atoms with Gasteiger partial charge >= 0.3 is 0 Å². The molecular formula is C23H19ClN4O3. The fourth-order valence-electron chi connectivity index (χ4n) is 4.14. The first-order chi connectivity index (χ1) is 15.1. The monoisotopic (exact) mass is 434 g/mol. The van der Waals surface area contributed by atoms with Crippen LogP contribution in [-0.4, -0.2) is 27.8 Å². The topological polar surface area (TPSA) is 99.9 Å². The Morgan fingerprint density at radius 3 is 2.81 bits per heavy atom. The normalized spacial score (nSPS) is 13.3. The van der Waals surface area contributed by atoms with Crippen LogP contribution in [0.5, 0.6) is 5.75 Å². The van der Waals surface area contributed by atoms with Gasteiger partial charge in [-0.15, -0.1) is 0 Å². The summed E-state index contributed by atoms with van der Waals surface area (Å²) in [4.78, 5) is 35.6. The summed E-state index contributed by atoms with van der Waals surface area (Å²) in [7, 11) is 1.55. The van der Waals surface area contributed by atoms with Crippen molar-refractivity contribution in [3.63, 3.8) is 0 Å². The number of para-hydroxylation sites is 1. The minimum atomic E-state index is -0.222. The van der Waals surface area contributed by atoms with Crippen molar-refractivity contribution in [2.45, 2.75) is 19.3 Å². The molecule has 0 unspecified atom stereocenters. The Balaban J connectivity index is 1.77. The van der Waals surface area contributed by atoms with Crippen molar-refractivity contribution in [3.05, 3.63) is 69.2 Å². The van der Waals surface area contributed by atoms with Gasteiger partial charge in [0.1, 0.15) is 0 Å². The lowest BCUT2D eigenvalue weighted by molar-refractivity contribution is 0.0973. The van der Waals surface area contributed by atoms with E-state index in [1.807, 2.05) is 18.2 Å². The SMILES string of the molecule is COc1c(Cl)cccc1Nc1c(-c2ccnc3ccc(=O)[nH]c23)[nH]c2c1C(=O)CCC2. The minimum Gasteiger partial charge on any atom is -0.493 e. The molecule has 0 saturated heterocycles. The van der Waals surface area contributed by atoms with E-state index in [1.54, 1.807) is 25.4 Å². The van der Waals surface area contributed by atoms with Gasteiger partial charge in [0.05, 0.1) is 45.8 Å². The molecule has 0 saturated carbocycles. The van der Waals surface area contributed by atoms with Crippen LogP contribution in [0, 0.1) is 0 Å². The fraction of sp³-hybridized carbons (Fsp3) is 0.174. The zero-order chi connectivity index (χ0) is 21.5. The molecule has 31 heavy (non-hydrogen) atoms. The molecule has 0 atom stereocenters. The van der Waals surface area contributed by atoms with Crippen LogP contribution in [-0.2, 0) is 6.42 Å². The van der Waals surface area contributed by atoms with Crippen LogP contribution in [0.15, 0.2) is 47.4 Å². The second-order valence-corrected chi connectivity index (χ2v) is 7.80. The number of aromatic amines is 2. The fourth-order valence-corrected chi connectivity index (χ4v) is 4.39. The minimum absolute atomic E-state index is 0.0686. The molecule has 7 nitrogen and oxygen atoms in total. The molecule has 3 N–H and O–H groups in total. The Morgan fingerprint density at radius 2 is 1.97 bits per heavy atom. The summed E-state index contributed by atoms with van der Waals surface area (Å²) >= 11 is 6.31. The second-order valence-electron chi connectivity index (χ2n) is 7.39. The van der Waals surface area contributed by atoms with Crippen molar-refractivity contribution in [2.24, 2.45) is 0 Å². The molecule has 8 heteroatoms. The number of Topliss-reactive ketones (excluding diaryl/α,β-unsaturated/α-hetero) is 1. The summed E-state index contributed by atoms with van der Waals surface area (Å²) in [5.41, 5.74) is 5.26. The van der Waals surface area contributed by atoms with Crippen LogP contribution in [0.2, 0.25) is 5.02 Å². The molecule has 0 bridgehead atoms. The maximum Gasteiger partial charge on any atom is 0.248 e. The number of benzene rings is 1. The van der Waals surface area contributed by atoms with E-state index in [2.05, 4.69) is 20.3 Å². The number of carbonyl (C=O) groups is 1. The Hall–Kier alpha value is -3.58. The van der Waals surface area contributed by atoms with Crippen LogP contribution in [0.4, 0.5) is 11.4 Å². The van der Waals surface area contributed by atoms with Crippen LogP contribution in [0.25, 0.3) is 22.3 Å². The average molecular weight is 435 g/mol. The summed E-state index contributed by atoms with van der Waals surface area (Å²) in [6.07, 6.45) is 3.72. The van der Waals surface area contributed by atoms with E-state index in [4.69, 9.17) is 16.3 Å². The molecular weight excluding hydrogens is 416 g/mol. The maximum atomic E-state index is 12.9. The van der Waals surface area contributed by atoms with Gasteiger partial charge in [0.15, 0.2) is 11.5 Å². The Labute approximate surface area is 182 Å². The second kappa shape index (κ2) is 7.59. The van der Waals surface area contributed by atoms with E-state index in [0.29, 0.717) is 50.9 Å². The molecule has 0 amide bonds. The number of ether oxygens (including phenoxy) is 1. The quantitative estimate of drug-likeness (QED) is 0.426. The number of fused-ring (bicyclic) bond motifs is 2. The highest BCUT2D eigenvalue weighted by Gasteiger charge is 2.28. The molecule has 0 radical (unpaired) electrons. The first kappa shape index (κ1) is 19.4. The predicted molar refractivity (Wildman–Crippen MR) is 121 cm³/mol. The number of carbonyl (C=O) groups excluding carboxylic acids is 1. The number of halogens is 1. The van der Waals surface area contributed by atoms with Crippen LogP contribution < -0.4 is 15.6 Å². The number of nitrogens with zero attached hydrogens (tertiary/aromatic N) is 1. The molecule has 1 aliphatic carbocycles. The zero-order valence-electron chi connectivity index (χ0n) is 16.7. The van der Waals surface area contributed by atoms with Crippen molar-refractivity contribution in [2.75, 3.05) is 12.4 Å². The highest BCUT2D eigenvalue weighted by molar-refractivity contribution is 6.32. The number of aryl methyl sites for hydroxylation is 1. The molecule has 3 heterocycles. The zero-order valence-corrected chi connectivity index (χ0v) is 17.5. The van der Waals surface area contributed by atoms with E-state index in [-0.39, 0.29) is 11.3 Å². The Morgan fingerprint density at radius 1 is 1.10 bits per heavy atom. The first-order valence-corrected chi connectivity index (χ1v) is 10.3. The molecule has 4 aromatic rings. The van der Waals surface area contributed by atoms with Gasteiger partial charge in [0, 0.05) is 29.9 Å². The standard InChI is InChI=1S/C23H19ClN4O3/c1-31-23-13(24)4-2-6-16(23)27-22-19-14(5-3-7-17(19)29)26-21(22)12-10-11-25-15-8-9-18(30)28-20(12)15/h2,4,6,8-11,26-27H,3,5,7H2,1H3,(H,28,30). The molecule has 3 aromatic heterocycles. The number of hydrogen-bond acceptors (Lipinski definition) is 5. The number of H-pyrrole nitrogens is 2. The summed E-state index contributed by atoms with van der Waals surface area (Å²) < 4.78 is 5.48. The third-order valence-corrected chi connectivity index (χ3v) is 5.81. The predicted octanol–water partition coefficient (Wildman–Crippen LogP) is 4.84. The number of aromatic nitrogens is 3. The molecule has 156 valence electrons. The van der Waals surface area contributed by atoms with Crippen molar-refractivity contribution in [1.82, 2.24) is 15.0 Å². The van der Waals surface area contributed by atoms with Crippen molar-refractivity contribution >= 4 is 39.8 Å². The van der Waals surface area contributed by atoms with Crippen molar-refractivity contribution in [3.8, 4) is 17.0 Å². The lowest BCUT2D eigenvalue weighted by Gasteiger charge is -2.16. The van der Waals surface area contributed by atoms with Crippen LogP contribution in [0.3, 0.4) is 0 Å². The molecule has 0 spiro atoms. The van der Waals surface area contributed by atoms with E-state index >= 15 is 0 Å². The molecule has 0 fully saturated rings. The third-order valence-electron chi connectivity index (χ3n) is 5.51. The van der Waals surface area contributed by atoms with Crippen molar-refractivity contribution < 1.29 is 9.53 Å². The summed E-state index contributed by atoms with van der Waals surface area (Å²) in [5, 5.41) is 3.84. The summed E-state index contributed by atoms with van der Waals surface area (Å²) in [6, 6.07) is 10.3. The Bertz CT molecular complexity index is 1390. The van der Waals surface area contributed by atoms with Gasteiger partial charge in [-0.25, -0.2) is 0 Å². The van der Waals surface area contributed by atoms with E-state index in [0.717, 1.165) is 24.1 Å². The molecule has 5 rings (SSSR count). The smallest absolute Gasteiger partial charge is 0.248 e. The molecule has 0 aliphatic heterocycles. The third kappa shape index (κ3) is 3.27. The summed E-state index contributed by atoms with van der Waals surface area (Å²) in [5.74, 6) is 0.556.